The molecule has 0 radical (unpaired) electrons. The Labute approximate surface area is 480 Å². The number of aryl methyl sites for hydroxylation is 1. The van der Waals surface area contributed by atoms with Gasteiger partial charge >= 0.3 is 0 Å². The molecular formula is C73H66N3OPt-. The maximum atomic E-state index is 12.8. The van der Waals surface area contributed by atoms with Gasteiger partial charge in [-0.3, -0.25) is 9.55 Å². The van der Waals surface area contributed by atoms with E-state index in [-0.39, 0.29) is 43.2 Å². The standard InChI is InChI=1S/C73H66N3O.Pt/c1-47-39-67(62(52-25-18-13-19-26-52)46-61(47)53-33-35-58(36-34-53)71(2,3)4)76-66-28-20-27-60(68(66)75-70(76)63-44-59(72(5,6)7)45-64(69(63)77)73(8,9)10)56-40-55(49-23-16-12-17-24-49)41-57(42-56)65-43-54(37-38-74-65)51-31-29-50(30-32-51)48-21-14-11-15-22-48;/h11-41,43-46,77H,1-10H3;/q-1;/i1D3;. The van der Waals surface area contributed by atoms with Crippen molar-refractivity contribution in [3.8, 4) is 101 Å². The van der Waals surface area contributed by atoms with Crippen LogP contribution in [-0.4, -0.2) is 19.6 Å². The average Bonchev–Trinajstić information content (AvgIpc) is 4.07. The SMILES string of the molecule is [2H]C([2H])([2H])c1cc(-n2c(-c3cc(C(C)(C)C)cc(C(C)(C)C)c3O)nc3c(-c4[c-]c(-c5cc(-c6ccc(-c7ccccc7)cc6)ccn5)cc(-c5ccccc5)c4)cccc32)c(-c2ccccc2)cc1-c1ccc(C(C)(C)C)cc1.[Pt]. The van der Waals surface area contributed by atoms with Crippen LogP contribution < -0.4 is 0 Å². The van der Waals surface area contributed by atoms with Crippen LogP contribution in [0.4, 0.5) is 0 Å². The Morgan fingerprint density at radius 2 is 1.00 bits per heavy atom. The van der Waals surface area contributed by atoms with E-state index >= 15 is 0 Å². The van der Waals surface area contributed by atoms with Gasteiger partial charge in [0.05, 0.1) is 22.3 Å². The molecule has 4 nitrogen and oxygen atoms in total. The molecule has 1 N–H and O–H groups in total. The largest absolute Gasteiger partial charge is 0.507 e. The molecule has 0 aliphatic heterocycles. The molecule has 0 spiro atoms. The number of hydrogen-bond acceptors (Lipinski definition) is 3. The number of phenols is 1. The Bertz CT molecular complexity index is 4070. The second kappa shape index (κ2) is 21.1. The molecule has 2 heterocycles. The van der Waals surface area contributed by atoms with Crippen molar-refractivity contribution in [2.45, 2.75) is 85.4 Å². The molecule has 0 aliphatic carbocycles. The summed E-state index contributed by atoms with van der Waals surface area (Å²) in [7, 11) is 0. The van der Waals surface area contributed by atoms with Gasteiger partial charge in [0.25, 0.3) is 0 Å². The first-order valence-electron chi connectivity index (χ1n) is 28.1. The number of aromatic nitrogens is 3. The van der Waals surface area contributed by atoms with E-state index in [9.17, 15) is 9.22 Å². The van der Waals surface area contributed by atoms with Gasteiger partial charge in [-0.25, -0.2) is 4.98 Å². The van der Waals surface area contributed by atoms with Crippen molar-refractivity contribution >= 4 is 11.0 Å². The van der Waals surface area contributed by atoms with E-state index in [1.54, 1.807) is 0 Å². The van der Waals surface area contributed by atoms with Gasteiger partial charge in [-0.2, -0.15) is 0 Å². The van der Waals surface area contributed by atoms with Gasteiger partial charge in [-0.05, 0) is 115 Å². The summed E-state index contributed by atoms with van der Waals surface area (Å²) in [6, 6.07) is 74.3. The summed E-state index contributed by atoms with van der Waals surface area (Å²) in [6.45, 7) is 16.9. The van der Waals surface area contributed by atoms with Gasteiger partial charge in [-0.15, -0.1) is 23.8 Å². The molecule has 11 aromatic rings. The van der Waals surface area contributed by atoms with Crippen LogP contribution in [0.1, 0.15) is 88.7 Å². The first-order valence-corrected chi connectivity index (χ1v) is 26.6. The van der Waals surface area contributed by atoms with Crippen LogP contribution in [0, 0.1) is 12.9 Å². The quantitative estimate of drug-likeness (QED) is 0.147. The van der Waals surface area contributed by atoms with E-state index in [0.29, 0.717) is 28.2 Å². The third kappa shape index (κ3) is 10.6. The number of para-hydroxylation sites is 1. The number of pyridine rings is 1. The van der Waals surface area contributed by atoms with Crippen molar-refractivity contribution in [1.82, 2.24) is 14.5 Å². The number of hydrogen-bond donors (Lipinski definition) is 1. The topological polar surface area (TPSA) is 50.9 Å². The molecule has 9 aromatic carbocycles. The van der Waals surface area contributed by atoms with Gasteiger partial charge in [0, 0.05) is 48.2 Å². The van der Waals surface area contributed by atoms with E-state index in [2.05, 4.69) is 194 Å². The zero-order chi connectivity index (χ0) is 56.3. The fourth-order valence-corrected chi connectivity index (χ4v) is 10.5. The van der Waals surface area contributed by atoms with E-state index in [1.807, 2.05) is 91.1 Å². The smallest absolute Gasteiger partial charge is 0.148 e. The normalized spacial score (nSPS) is 12.7. The minimum Gasteiger partial charge on any atom is -0.507 e. The molecule has 78 heavy (non-hydrogen) atoms. The fraction of sp³-hybridized carbons (Fsp3) is 0.178. The number of imidazole rings is 1. The molecule has 2 aromatic heterocycles. The van der Waals surface area contributed by atoms with Crippen LogP contribution in [-0.2, 0) is 37.3 Å². The number of nitrogens with zero attached hydrogens (tertiary/aromatic N) is 3. The maximum Gasteiger partial charge on any atom is 0.148 e. The van der Waals surface area contributed by atoms with Crippen LogP contribution in [0.15, 0.2) is 212 Å². The predicted octanol–water partition coefficient (Wildman–Crippen LogP) is 19.5. The molecule has 0 saturated heterocycles. The molecule has 0 unspecified atom stereocenters. The molecule has 0 aliphatic rings. The maximum absolute atomic E-state index is 12.8. The van der Waals surface area contributed by atoms with Crippen LogP contribution >= 0.6 is 0 Å². The summed E-state index contributed by atoms with van der Waals surface area (Å²) >= 11 is 0. The predicted molar refractivity (Wildman–Crippen MR) is 324 cm³/mol. The summed E-state index contributed by atoms with van der Waals surface area (Å²) < 4.78 is 29.7. The van der Waals surface area contributed by atoms with Crippen molar-refractivity contribution in [2.24, 2.45) is 0 Å². The van der Waals surface area contributed by atoms with E-state index in [0.717, 1.165) is 89.1 Å². The van der Waals surface area contributed by atoms with Crippen LogP contribution in [0.2, 0.25) is 0 Å². The third-order valence-electron chi connectivity index (χ3n) is 14.9. The zero-order valence-corrected chi connectivity index (χ0v) is 48.1. The van der Waals surface area contributed by atoms with Crippen LogP contribution in [0.5, 0.6) is 5.75 Å². The Morgan fingerprint density at radius 3 is 1.60 bits per heavy atom. The van der Waals surface area contributed by atoms with Crippen molar-refractivity contribution in [1.29, 1.82) is 0 Å². The van der Waals surface area contributed by atoms with Gasteiger partial charge in [-0.1, -0.05) is 243 Å². The molecule has 5 heteroatoms. The second-order valence-corrected chi connectivity index (χ2v) is 23.4. The molecule has 0 saturated carbocycles. The van der Waals surface area contributed by atoms with E-state index in [1.165, 1.54) is 5.56 Å². The van der Waals surface area contributed by atoms with Crippen LogP contribution in [0.3, 0.4) is 0 Å². The summed E-state index contributed by atoms with van der Waals surface area (Å²) in [5.74, 6) is 0.599. The molecule has 390 valence electrons. The molecule has 11 rings (SSSR count). The summed E-state index contributed by atoms with van der Waals surface area (Å²) in [6.07, 6.45) is 1.86. The summed E-state index contributed by atoms with van der Waals surface area (Å²) in [5, 5.41) is 12.8. The number of fused-ring (bicyclic) bond motifs is 1. The van der Waals surface area contributed by atoms with Gasteiger partial charge in [0.2, 0.25) is 0 Å². The van der Waals surface area contributed by atoms with Gasteiger partial charge in [0.1, 0.15) is 11.6 Å². The Morgan fingerprint density at radius 1 is 0.449 bits per heavy atom. The van der Waals surface area contributed by atoms with Crippen molar-refractivity contribution in [3.05, 3.63) is 241 Å². The zero-order valence-electron chi connectivity index (χ0n) is 48.8. The minimum atomic E-state index is -2.52. The van der Waals surface area contributed by atoms with Crippen LogP contribution in [0.25, 0.3) is 106 Å². The minimum absolute atomic E-state index is 0. The first-order chi connectivity index (χ1) is 38.1. The van der Waals surface area contributed by atoms with Crippen molar-refractivity contribution < 1.29 is 30.3 Å². The monoisotopic (exact) mass is 1200 g/mol. The van der Waals surface area contributed by atoms with Crippen molar-refractivity contribution in [3.63, 3.8) is 0 Å². The average molecular weight is 1200 g/mol. The number of rotatable bonds is 9. The number of benzene rings is 9. The Hall–Kier alpha value is -7.91. The van der Waals surface area contributed by atoms with E-state index in [4.69, 9.17) is 9.97 Å². The molecular weight excluding hydrogens is 1130 g/mol. The second-order valence-electron chi connectivity index (χ2n) is 23.4. The Balaban J connectivity index is 0.00000736. The molecule has 0 bridgehead atoms. The third-order valence-corrected chi connectivity index (χ3v) is 14.9. The summed E-state index contributed by atoms with van der Waals surface area (Å²) in [5.41, 5.74) is 17.6. The van der Waals surface area contributed by atoms with Crippen molar-refractivity contribution in [2.75, 3.05) is 0 Å². The molecule has 0 fully saturated rings. The first kappa shape index (κ1) is 49.6. The number of phenolic OH excluding ortho intramolecular Hbond substituents is 1. The molecule has 0 atom stereocenters. The Kier molecular flexibility index (Phi) is 13.5. The summed E-state index contributed by atoms with van der Waals surface area (Å²) in [4.78, 5) is 10.7. The fourth-order valence-electron chi connectivity index (χ4n) is 10.5. The number of aromatic hydroxyl groups is 1. The van der Waals surface area contributed by atoms with E-state index < -0.39 is 12.3 Å². The molecule has 0 amide bonds. The van der Waals surface area contributed by atoms with Gasteiger partial charge in [0.15, 0.2) is 0 Å². The van der Waals surface area contributed by atoms with Gasteiger partial charge < -0.3 is 5.11 Å².